The zero-order chi connectivity index (χ0) is 21.5. The number of rotatable bonds is 3. The molecule has 158 valence electrons. The molecule has 1 aliphatic rings. The first-order valence-electron chi connectivity index (χ1n) is 9.49. The number of amides is 1. The van der Waals surface area contributed by atoms with Gasteiger partial charge < -0.3 is 19.5 Å². The summed E-state index contributed by atoms with van der Waals surface area (Å²) < 4.78 is 11.6. The number of piperazine rings is 1. The monoisotopic (exact) mass is 421 g/mol. The Hall–Kier alpha value is -2.55. The van der Waals surface area contributed by atoms with Gasteiger partial charge in [-0.1, -0.05) is 11.3 Å². The molecule has 2 atom stereocenters. The molecular weight excluding hydrogens is 394 g/mol. The van der Waals surface area contributed by atoms with E-state index < -0.39 is 11.6 Å². The van der Waals surface area contributed by atoms with Crippen molar-refractivity contribution < 1.29 is 24.2 Å². The highest BCUT2D eigenvalue weighted by Gasteiger charge is 2.36. The number of methoxy groups -OCH3 is 1. The zero-order valence-corrected chi connectivity index (χ0v) is 18.4. The van der Waals surface area contributed by atoms with Gasteiger partial charge in [0.15, 0.2) is 0 Å². The van der Waals surface area contributed by atoms with E-state index in [1.807, 2.05) is 40.7 Å². The summed E-state index contributed by atoms with van der Waals surface area (Å²) in [6.07, 6.45) is -0.317. The molecule has 1 aromatic heterocycles. The Morgan fingerprint density at radius 1 is 1.21 bits per heavy atom. The smallest absolute Gasteiger partial charge is 0.410 e. The van der Waals surface area contributed by atoms with Crippen LogP contribution in [0.3, 0.4) is 0 Å². The summed E-state index contributed by atoms with van der Waals surface area (Å²) in [5, 5.41) is 9.91. The van der Waals surface area contributed by atoms with Crippen LogP contribution >= 0.6 is 11.3 Å². The molecule has 1 fully saturated rings. The molecular formula is C20H27N3O5S. The van der Waals surface area contributed by atoms with E-state index in [2.05, 4.69) is 9.88 Å². The largest absolute Gasteiger partial charge is 0.478 e. The van der Waals surface area contributed by atoms with Crippen LogP contribution < -0.4 is 9.64 Å². The minimum atomic E-state index is -1.02. The number of hydrogen-bond donors (Lipinski definition) is 1. The van der Waals surface area contributed by atoms with Crippen molar-refractivity contribution in [2.75, 3.05) is 25.1 Å². The maximum atomic E-state index is 12.6. The number of aromatic nitrogens is 1. The van der Waals surface area contributed by atoms with Crippen LogP contribution in [0, 0.1) is 0 Å². The third-order valence-electron chi connectivity index (χ3n) is 4.77. The highest BCUT2D eigenvalue weighted by molar-refractivity contribution is 7.20. The van der Waals surface area contributed by atoms with Gasteiger partial charge in [-0.15, -0.1) is 0 Å². The maximum absolute atomic E-state index is 12.6. The first-order valence-corrected chi connectivity index (χ1v) is 10.3. The lowest BCUT2D eigenvalue weighted by molar-refractivity contribution is 0.00566. The van der Waals surface area contributed by atoms with Gasteiger partial charge in [0.2, 0.25) is 0 Å². The molecule has 0 aliphatic carbocycles. The van der Waals surface area contributed by atoms with E-state index >= 15 is 0 Å². The van der Waals surface area contributed by atoms with Crippen LogP contribution in [-0.4, -0.2) is 64.9 Å². The van der Waals surface area contributed by atoms with Gasteiger partial charge in [0.1, 0.15) is 11.1 Å². The molecule has 1 saturated heterocycles. The molecule has 29 heavy (non-hydrogen) atoms. The van der Waals surface area contributed by atoms with Crippen molar-refractivity contribution in [3.63, 3.8) is 0 Å². The number of carbonyl (C=O) groups excluding carboxylic acids is 1. The van der Waals surface area contributed by atoms with Crippen molar-refractivity contribution >= 4 is 39.3 Å². The molecule has 8 nitrogen and oxygen atoms in total. The predicted octanol–water partition coefficient (Wildman–Crippen LogP) is 3.84. The fraction of sp³-hybridized carbons (Fsp3) is 0.550. The van der Waals surface area contributed by atoms with Crippen LogP contribution in [0.15, 0.2) is 12.1 Å². The van der Waals surface area contributed by atoms with Crippen LogP contribution in [0.4, 0.5) is 10.5 Å². The normalized spacial score (nSPS) is 20.1. The number of carboxylic acid groups (broad SMARTS) is 1. The molecule has 9 heteroatoms. The van der Waals surface area contributed by atoms with Gasteiger partial charge in [-0.2, -0.15) is 0 Å². The number of thiazole rings is 1. The van der Waals surface area contributed by atoms with Gasteiger partial charge in [-0.25, -0.2) is 14.6 Å². The summed E-state index contributed by atoms with van der Waals surface area (Å²) in [7, 11) is 1.52. The fourth-order valence-electron chi connectivity index (χ4n) is 3.68. The Labute approximate surface area is 174 Å². The van der Waals surface area contributed by atoms with Gasteiger partial charge >= 0.3 is 12.1 Å². The number of anilines is 1. The summed E-state index contributed by atoms with van der Waals surface area (Å²) in [4.78, 5) is 32.5. The highest BCUT2D eigenvalue weighted by Crippen LogP contribution is 2.38. The number of nitrogens with zero attached hydrogens (tertiary/aromatic N) is 3. The number of aromatic carboxylic acids is 1. The minimum absolute atomic E-state index is 0.0717. The molecule has 0 spiro atoms. The van der Waals surface area contributed by atoms with Gasteiger partial charge in [0, 0.05) is 13.1 Å². The van der Waals surface area contributed by atoms with Crippen molar-refractivity contribution in [2.24, 2.45) is 0 Å². The van der Waals surface area contributed by atoms with Crippen molar-refractivity contribution in [2.45, 2.75) is 52.3 Å². The van der Waals surface area contributed by atoms with Crippen LogP contribution in [0.2, 0.25) is 0 Å². The van der Waals surface area contributed by atoms with Crippen LogP contribution in [0.25, 0.3) is 10.2 Å². The van der Waals surface area contributed by atoms with E-state index in [9.17, 15) is 14.7 Å². The van der Waals surface area contributed by atoms with Gasteiger partial charge in [0.25, 0.3) is 5.19 Å². The molecule has 1 amide bonds. The lowest BCUT2D eigenvalue weighted by Gasteiger charge is -2.45. The summed E-state index contributed by atoms with van der Waals surface area (Å²) in [6.45, 7) is 10.7. The summed E-state index contributed by atoms with van der Waals surface area (Å²) in [5.41, 5.74) is 0.919. The van der Waals surface area contributed by atoms with Crippen LogP contribution in [-0.2, 0) is 4.74 Å². The zero-order valence-electron chi connectivity index (χ0n) is 17.6. The number of hydrogen-bond acceptors (Lipinski definition) is 7. The molecule has 0 saturated carbocycles. The van der Waals surface area contributed by atoms with E-state index in [-0.39, 0.29) is 23.7 Å². The van der Waals surface area contributed by atoms with Gasteiger partial charge in [-0.3, -0.25) is 4.90 Å². The summed E-state index contributed by atoms with van der Waals surface area (Å²) >= 11 is 1.32. The SMILES string of the molecule is COc1nc2c(C(=O)O)ccc(N3C[C@H](C)N(C(=O)OC(C)(C)C)[C@@H](C)C3)c2s1. The Kier molecular flexibility index (Phi) is 5.62. The Morgan fingerprint density at radius 3 is 2.34 bits per heavy atom. The van der Waals surface area contributed by atoms with Crippen LogP contribution in [0.5, 0.6) is 5.19 Å². The van der Waals surface area contributed by atoms with Crippen molar-refractivity contribution in [1.29, 1.82) is 0 Å². The summed E-state index contributed by atoms with van der Waals surface area (Å²) in [6, 6.07) is 3.25. The fourth-order valence-corrected chi connectivity index (χ4v) is 4.63. The van der Waals surface area contributed by atoms with E-state index in [4.69, 9.17) is 9.47 Å². The van der Waals surface area contributed by atoms with Crippen molar-refractivity contribution in [3.8, 4) is 5.19 Å². The number of fused-ring (bicyclic) bond motifs is 1. The van der Waals surface area contributed by atoms with E-state index in [1.165, 1.54) is 18.4 Å². The quantitative estimate of drug-likeness (QED) is 0.805. The van der Waals surface area contributed by atoms with Gasteiger partial charge in [-0.05, 0) is 46.8 Å². The van der Waals surface area contributed by atoms with E-state index in [1.54, 1.807) is 11.0 Å². The van der Waals surface area contributed by atoms with Crippen molar-refractivity contribution in [3.05, 3.63) is 17.7 Å². The topological polar surface area (TPSA) is 92.2 Å². The molecule has 1 aromatic carbocycles. The Bertz CT molecular complexity index is 924. The third-order valence-corrected chi connectivity index (χ3v) is 5.81. The second kappa shape index (κ2) is 7.70. The number of carboxylic acids is 1. The van der Waals surface area contributed by atoms with Crippen LogP contribution in [0.1, 0.15) is 45.0 Å². The second-order valence-electron chi connectivity index (χ2n) is 8.29. The Balaban J connectivity index is 1.92. The average Bonchev–Trinajstić information content (AvgIpc) is 3.02. The predicted molar refractivity (Wildman–Crippen MR) is 112 cm³/mol. The van der Waals surface area contributed by atoms with E-state index in [0.29, 0.717) is 23.8 Å². The molecule has 1 aliphatic heterocycles. The average molecular weight is 422 g/mol. The number of ether oxygens (including phenoxy) is 2. The molecule has 0 unspecified atom stereocenters. The molecule has 2 aromatic rings. The number of carbonyl (C=O) groups is 2. The standard InChI is InChI=1S/C20H27N3O5S/c1-11-9-22(10-12(2)23(11)19(26)28-20(3,4)5)14-8-7-13(17(24)25)15-16(14)29-18(21-15)27-6/h7-8,11-12H,9-10H2,1-6H3,(H,24,25)/t11-,12-/m0/s1. The molecule has 3 rings (SSSR count). The molecule has 0 bridgehead atoms. The molecule has 1 N–H and O–H groups in total. The number of benzene rings is 1. The lowest BCUT2D eigenvalue weighted by atomic mass is 10.1. The summed E-state index contributed by atoms with van der Waals surface area (Å²) in [5.74, 6) is -1.02. The van der Waals surface area contributed by atoms with Gasteiger partial charge in [0.05, 0.1) is 35.1 Å². The Morgan fingerprint density at radius 2 is 1.83 bits per heavy atom. The maximum Gasteiger partial charge on any atom is 0.410 e. The molecule has 2 heterocycles. The lowest BCUT2D eigenvalue weighted by Crippen LogP contribution is -2.59. The van der Waals surface area contributed by atoms with E-state index in [0.717, 1.165) is 10.4 Å². The first kappa shape index (κ1) is 21.2. The second-order valence-corrected chi connectivity index (χ2v) is 9.25. The first-order chi connectivity index (χ1) is 13.5. The third kappa shape index (κ3) is 4.24. The van der Waals surface area contributed by atoms with Crippen molar-refractivity contribution in [1.82, 2.24) is 9.88 Å². The minimum Gasteiger partial charge on any atom is -0.478 e. The highest BCUT2D eigenvalue weighted by atomic mass is 32.1. The molecule has 0 radical (unpaired) electrons.